The molecule has 1 aromatic carbocycles. The van der Waals surface area contributed by atoms with E-state index < -0.39 is 0 Å². The maximum Gasteiger partial charge on any atom is 0.226 e. The third kappa shape index (κ3) is 4.11. The van der Waals surface area contributed by atoms with E-state index in [4.69, 9.17) is 4.52 Å². The summed E-state index contributed by atoms with van der Waals surface area (Å²) in [6, 6.07) is 7.06. The van der Waals surface area contributed by atoms with Gasteiger partial charge in [-0.15, -0.1) is 0 Å². The highest BCUT2D eigenvalue weighted by atomic mass is 19.1. The number of nitrogens with zero attached hydrogens (tertiary/aromatic N) is 2. The van der Waals surface area contributed by atoms with Crippen molar-refractivity contribution in [2.24, 2.45) is 0 Å². The molecule has 2 heterocycles. The molecule has 0 amide bonds. The summed E-state index contributed by atoms with van der Waals surface area (Å²) in [4.78, 5) is 4.39. The molecule has 1 aliphatic rings. The molecule has 1 saturated heterocycles. The summed E-state index contributed by atoms with van der Waals surface area (Å²) in [5.74, 6) is 1.06. The number of nitrogens with one attached hydrogen (secondary N) is 1. The number of rotatable bonds is 5. The van der Waals surface area contributed by atoms with E-state index in [2.05, 4.69) is 15.5 Å². The first kappa shape index (κ1) is 14.2. The molecule has 1 fully saturated rings. The highest BCUT2D eigenvalue weighted by Gasteiger charge is 2.14. The van der Waals surface area contributed by atoms with Crippen molar-refractivity contribution in [1.82, 2.24) is 15.5 Å². The Bertz CT molecular complexity index is 578. The molecule has 1 aromatic heterocycles. The fourth-order valence-corrected chi connectivity index (χ4v) is 2.76. The molecule has 0 radical (unpaired) electrons. The minimum absolute atomic E-state index is 0.236. The number of aromatic nitrogens is 2. The van der Waals surface area contributed by atoms with E-state index in [1.54, 1.807) is 6.07 Å². The van der Waals surface area contributed by atoms with Gasteiger partial charge in [-0.1, -0.05) is 23.7 Å². The highest BCUT2D eigenvalue weighted by Crippen LogP contribution is 2.14. The second-order valence-electron chi connectivity index (χ2n) is 5.60. The Morgan fingerprint density at radius 2 is 2.29 bits per heavy atom. The highest BCUT2D eigenvalue weighted by molar-refractivity contribution is 5.19. The van der Waals surface area contributed by atoms with Crippen LogP contribution in [0.3, 0.4) is 0 Å². The molecular formula is C16H20FN3O. The Morgan fingerprint density at radius 1 is 1.33 bits per heavy atom. The molecule has 3 rings (SSSR count). The van der Waals surface area contributed by atoms with Gasteiger partial charge in [-0.05, 0) is 43.5 Å². The van der Waals surface area contributed by atoms with Gasteiger partial charge in [0, 0.05) is 18.9 Å². The van der Waals surface area contributed by atoms with Gasteiger partial charge in [-0.3, -0.25) is 0 Å². The zero-order chi connectivity index (χ0) is 14.5. The number of hydrogen-bond acceptors (Lipinski definition) is 4. The predicted molar refractivity (Wildman–Crippen MR) is 77.5 cm³/mol. The van der Waals surface area contributed by atoms with E-state index in [1.807, 2.05) is 6.07 Å². The Kier molecular flexibility index (Phi) is 4.60. The first-order valence-electron chi connectivity index (χ1n) is 7.59. The van der Waals surface area contributed by atoms with Crippen LogP contribution in [0.25, 0.3) is 0 Å². The van der Waals surface area contributed by atoms with Crippen molar-refractivity contribution in [2.75, 3.05) is 6.54 Å². The Labute approximate surface area is 123 Å². The average molecular weight is 289 g/mol. The van der Waals surface area contributed by atoms with E-state index in [9.17, 15) is 4.39 Å². The van der Waals surface area contributed by atoms with Gasteiger partial charge in [0.15, 0.2) is 5.82 Å². The first-order chi connectivity index (χ1) is 10.3. The topological polar surface area (TPSA) is 51.0 Å². The quantitative estimate of drug-likeness (QED) is 0.919. The van der Waals surface area contributed by atoms with E-state index in [-0.39, 0.29) is 5.82 Å². The normalized spacial score (nSPS) is 18.8. The van der Waals surface area contributed by atoms with Gasteiger partial charge in [0.1, 0.15) is 5.82 Å². The molecule has 1 atom stereocenters. The van der Waals surface area contributed by atoms with Gasteiger partial charge in [0.05, 0.1) is 0 Å². The lowest BCUT2D eigenvalue weighted by molar-refractivity contribution is 0.341. The van der Waals surface area contributed by atoms with E-state index in [1.165, 1.54) is 31.4 Å². The van der Waals surface area contributed by atoms with Gasteiger partial charge in [0.2, 0.25) is 5.89 Å². The zero-order valence-corrected chi connectivity index (χ0v) is 12.0. The SMILES string of the molecule is Fc1cccc(Cc2noc(CCC3CCCCN3)n2)c1. The minimum Gasteiger partial charge on any atom is -0.339 e. The number of halogens is 1. The van der Waals surface area contributed by atoms with E-state index >= 15 is 0 Å². The fourth-order valence-electron chi connectivity index (χ4n) is 2.76. The van der Waals surface area contributed by atoms with Crippen LogP contribution in [0, 0.1) is 5.82 Å². The molecule has 1 unspecified atom stereocenters. The van der Waals surface area contributed by atoms with Crippen molar-refractivity contribution >= 4 is 0 Å². The maximum absolute atomic E-state index is 13.1. The minimum atomic E-state index is -0.236. The van der Waals surface area contributed by atoms with E-state index in [0.29, 0.717) is 24.2 Å². The summed E-state index contributed by atoms with van der Waals surface area (Å²) in [6.45, 7) is 1.11. The van der Waals surface area contributed by atoms with Gasteiger partial charge in [-0.25, -0.2) is 4.39 Å². The van der Waals surface area contributed by atoms with Crippen LogP contribution in [0.2, 0.25) is 0 Å². The second-order valence-corrected chi connectivity index (χ2v) is 5.60. The first-order valence-corrected chi connectivity index (χ1v) is 7.59. The van der Waals surface area contributed by atoms with Crippen LogP contribution < -0.4 is 5.32 Å². The lowest BCUT2D eigenvalue weighted by Crippen LogP contribution is -2.34. The van der Waals surface area contributed by atoms with Crippen molar-refractivity contribution in [3.8, 4) is 0 Å². The van der Waals surface area contributed by atoms with Crippen molar-refractivity contribution < 1.29 is 8.91 Å². The second kappa shape index (κ2) is 6.80. The fraction of sp³-hybridized carbons (Fsp3) is 0.500. The number of benzene rings is 1. The van der Waals surface area contributed by atoms with Crippen LogP contribution in [-0.4, -0.2) is 22.7 Å². The smallest absolute Gasteiger partial charge is 0.226 e. The van der Waals surface area contributed by atoms with Crippen LogP contribution in [-0.2, 0) is 12.8 Å². The van der Waals surface area contributed by atoms with Crippen LogP contribution in [0.1, 0.15) is 43.0 Å². The molecular weight excluding hydrogens is 269 g/mol. The molecule has 0 spiro atoms. The largest absolute Gasteiger partial charge is 0.339 e. The summed E-state index contributed by atoms with van der Waals surface area (Å²) in [6.07, 6.45) is 6.13. The van der Waals surface area contributed by atoms with Crippen molar-refractivity contribution in [2.45, 2.75) is 44.6 Å². The Morgan fingerprint density at radius 3 is 3.10 bits per heavy atom. The molecule has 2 aromatic rings. The molecule has 0 aliphatic carbocycles. The third-order valence-electron chi connectivity index (χ3n) is 3.88. The van der Waals surface area contributed by atoms with Crippen molar-refractivity contribution in [3.63, 3.8) is 0 Å². The molecule has 0 saturated carbocycles. The average Bonchev–Trinajstić information content (AvgIpc) is 2.94. The van der Waals surface area contributed by atoms with Gasteiger partial charge >= 0.3 is 0 Å². The third-order valence-corrected chi connectivity index (χ3v) is 3.88. The standard InChI is InChI=1S/C16H20FN3O/c17-13-5-3-4-12(10-13)11-15-19-16(21-20-15)8-7-14-6-1-2-9-18-14/h3-5,10,14,18H,1-2,6-9,11H2. The number of aryl methyl sites for hydroxylation is 1. The zero-order valence-electron chi connectivity index (χ0n) is 12.0. The van der Waals surface area contributed by atoms with Crippen LogP contribution in [0.5, 0.6) is 0 Å². The summed E-state index contributed by atoms with van der Waals surface area (Å²) in [5, 5.41) is 7.49. The van der Waals surface area contributed by atoms with Gasteiger partial charge in [0.25, 0.3) is 0 Å². The molecule has 1 aliphatic heterocycles. The van der Waals surface area contributed by atoms with Gasteiger partial charge in [-0.2, -0.15) is 4.98 Å². The van der Waals surface area contributed by atoms with Crippen molar-refractivity contribution in [3.05, 3.63) is 47.4 Å². The maximum atomic E-state index is 13.1. The summed E-state index contributed by atoms with van der Waals surface area (Å²) < 4.78 is 18.4. The molecule has 4 nitrogen and oxygen atoms in total. The molecule has 1 N–H and O–H groups in total. The van der Waals surface area contributed by atoms with E-state index in [0.717, 1.165) is 24.9 Å². The molecule has 21 heavy (non-hydrogen) atoms. The van der Waals surface area contributed by atoms with Gasteiger partial charge < -0.3 is 9.84 Å². The molecule has 112 valence electrons. The number of hydrogen-bond donors (Lipinski definition) is 1. The lowest BCUT2D eigenvalue weighted by atomic mass is 10.0. The summed E-state index contributed by atoms with van der Waals surface area (Å²) >= 11 is 0. The molecule has 5 heteroatoms. The summed E-state index contributed by atoms with van der Waals surface area (Å²) in [7, 11) is 0. The van der Waals surface area contributed by atoms with Crippen LogP contribution >= 0.6 is 0 Å². The van der Waals surface area contributed by atoms with Crippen LogP contribution in [0.4, 0.5) is 4.39 Å². The molecule has 0 bridgehead atoms. The Hall–Kier alpha value is -1.75. The number of piperidine rings is 1. The van der Waals surface area contributed by atoms with Crippen LogP contribution in [0.15, 0.2) is 28.8 Å². The Balaban J connectivity index is 1.53. The van der Waals surface area contributed by atoms with Crippen molar-refractivity contribution in [1.29, 1.82) is 0 Å². The summed E-state index contributed by atoms with van der Waals surface area (Å²) in [5.41, 5.74) is 0.858. The monoisotopic (exact) mass is 289 g/mol. The predicted octanol–water partition coefficient (Wildman–Crippen LogP) is 2.87. The lowest BCUT2D eigenvalue weighted by Gasteiger charge is -2.22.